The number of amides is 2. The first-order chi connectivity index (χ1) is 10.6. The molecule has 1 saturated heterocycles. The molecule has 122 valence electrons. The van der Waals surface area contributed by atoms with Gasteiger partial charge in [-0.3, -0.25) is 14.5 Å². The molecule has 0 bridgehead atoms. The molecule has 2 amide bonds. The van der Waals surface area contributed by atoms with Gasteiger partial charge in [0.15, 0.2) is 0 Å². The first kappa shape index (κ1) is 15.5. The largest absolute Gasteiger partial charge is 0.351 e. The Morgan fingerprint density at radius 1 is 1.05 bits per heavy atom. The van der Waals surface area contributed by atoms with Gasteiger partial charge in [-0.1, -0.05) is 5.57 Å². The predicted molar refractivity (Wildman–Crippen MR) is 85.2 cm³/mol. The Morgan fingerprint density at radius 3 is 2.14 bits per heavy atom. The van der Waals surface area contributed by atoms with Gasteiger partial charge in [0.05, 0.1) is 0 Å². The number of rotatable bonds is 6. The van der Waals surface area contributed by atoms with E-state index in [0.29, 0.717) is 18.4 Å². The van der Waals surface area contributed by atoms with E-state index in [4.69, 9.17) is 0 Å². The molecule has 2 aliphatic carbocycles. The van der Waals surface area contributed by atoms with Crippen LogP contribution in [0.4, 0.5) is 0 Å². The molecule has 3 rings (SSSR count). The quantitative estimate of drug-likeness (QED) is 0.745. The summed E-state index contributed by atoms with van der Waals surface area (Å²) in [5, 5.41) is 3.02. The van der Waals surface area contributed by atoms with Crippen LogP contribution in [0.25, 0.3) is 0 Å². The van der Waals surface area contributed by atoms with Crippen LogP contribution in [-0.4, -0.2) is 60.9 Å². The Kier molecular flexibility index (Phi) is 4.81. The van der Waals surface area contributed by atoms with Crippen molar-refractivity contribution < 1.29 is 9.59 Å². The van der Waals surface area contributed by atoms with Gasteiger partial charge in [0.2, 0.25) is 11.8 Å². The lowest BCUT2D eigenvalue weighted by atomic mass is 10.1. The number of hydrogen-bond donors (Lipinski definition) is 1. The third-order valence-corrected chi connectivity index (χ3v) is 4.94. The zero-order chi connectivity index (χ0) is 15.5. The lowest BCUT2D eigenvalue weighted by Gasteiger charge is -2.34. The van der Waals surface area contributed by atoms with E-state index < -0.39 is 0 Å². The normalized spacial score (nSPS) is 22.3. The van der Waals surface area contributed by atoms with Crippen molar-refractivity contribution in [2.24, 2.45) is 11.8 Å². The fraction of sp³-hybridized carbons (Fsp3) is 0.765. The summed E-state index contributed by atoms with van der Waals surface area (Å²) in [5.74, 6) is 1.65. The van der Waals surface area contributed by atoms with Crippen LogP contribution in [0.15, 0.2) is 11.6 Å². The topological polar surface area (TPSA) is 52.7 Å². The van der Waals surface area contributed by atoms with E-state index >= 15 is 0 Å². The number of carbonyl (C=O) groups is 2. The lowest BCUT2D eigenvalue weighted by molar-refractivity contribution is -0.130. The molecule has 0 aromatic rings. The molecule has 0 aromatic carbocycles. The first-order valence-corrected chi connectivity index (χ1v) is 8.60. The van der Waals surface area contributed by atoms with Crippen LogP contribution in [-0.2, 0) is 9.59 Å². The highest BCUT2D eigenvalue weighted by Crippen LogP contribution is 2.48. The average Bonchev–Trinajstić information content (AvgIpc) is 3.39. The number of nitrogens with zero attached hydrogens (tertiary/aromatic N) is 2. The van der Waals surface area contributed by atoms with E-state index in [9.17, 15) is 9.59 Å². The number of piperazine rings is 1. The molecule has 1 heterocycles. The van der Waals surface area contributed by atoms with Gasteiger partial charge in [-0.15, -0.1) is 0 Å². The van der Waals surface area contributed by atoms with Crippen molar-refractivity contribution in [3.05, 3.63) is 11.6 Å². The highest BCUT2D eigenvalue weighted by Gasteiger charge is 2.36. The van der Waals surface area contributed by atoms with E-state index in [-0.39, 0.29) is 11.8 Å². The summed E-state index contributed by atoms with van der Waals surface area (Å²) in [5.41, 5.74) is 1.41. The van der Waals surface area contributed by atoms with E-state index in [1.165, 1.54) is 31.3 Å². The Balaban J connectivity index is 1.35. The second kappa shape index (κ2) is 6.82. The summed E-state index contributed by atoms with van der Waals surface area (Å²) >= 11 is 0. The fourth-order valence-corrected chi connectivity index (χ4v) is 3.23. The van der Waals surface area contributed by atoms with E-state index in [1.807, 2.05) is 11.0 Å². The van der Waals surface area contributed by atoms with E-state index in [0.717, 1.165) is 32.7 Å². The molecule has 5 nitrogen and oxygen atoms in total. The number of nitrogens with one attached hydrogen (secondary N) is 1. The van der Waals surface area contributed by atoms with Gasteiger partial charge in [0, 0.05) is 52.3 Å². The van der Waals surface area contributed by atoms with Gasteiger partial charge in [-0.2, -0.15) is 0 Å². The van der Waals surface area contributed by atoms with Gasteiger partial charge < -0.3 is 10.2 Å². The van der Waals surface area contributed by atoms with E-state index in [2.05, 4.69) is 10.2 Å². The fourth-order valence-electron chi connectivity index (χ4n) is 3.23. The average molecular weight is 305 g/mol. The van der Waals surface area contributed by atoms with Crippen molar-refractivity contribution >= 4 is 11.8 Å². The smallest absolute Gasteiger partial charge is 0.243 e. The Morgan fingerprint density at radius 2 is 1.64 bits per heavy atom. The van der Waals surface area contributed by atoms with Gasteiger partial charge in [0.1, 0.15) is 0 Å². The van der Waals surface area contributed by atoms with Gasteiger partial charge >= 0.3 is 0 Å². The minimum absolute atomic E-state index is 0.0798. The lowest BCUT2D eigenvalue weighted by Crippen LogP contribution is -2.49. The first-order valence-electron chi connectivity index (χ1n) is 8.60. The number of carbonyl (C=O) groups excluding carboxylic acids is 2. The third-order valence-electron chi connectivity index (χ3n) is 4.94. The molecule has 0 spiro atoms. The summed E-state index contributed by atoms with van der Waals surface area (Å²) in [4.78, 5) is 27.5. The minimum atomic E-state index is 0.0798. The van der Waals surface area contributed by atoms with Gasteiger partial charge in [-0.05, 0) is 37.5 Å². The Labute approximate surface area is 132 Å². The number of allylic oxidation sites excluding steroid dienone is 1. The maximum absolute atomic E-state index is 12.0. The summed E-state index contributed by atoms with van der Waals surface area (Å²) < 4.78 is 0. The molecule has 0 unspecified atom stereocenters. The Hall–Kier alpha value is -1.36. The zero-order valence-electron chi connectivity index (χ0n) is 13.5. The molecule has 2 saturated carbocycles. The third kappa shape index (κ3) is 4.32. The maximum Gasteiger partial charge on any atom is 0.243 e. The SMILES string of the molecule is CC(=O)N1CCN(CCNC(=O)C=C(C2CC2)C2CC2)CC1. The van der Waals surface area contributed by atoms with Crippen molar-refractivity contribution in [3.8, 4) is 0 Å². The van der Waals surface area contributed by atoms with Crippen LogP contribution >= 0.6 is 0 Å². The second-order valence-corrected chi connectivity index (χ2v) is 6.83. The molecule has 3 fully saturated rings. The predicted octanol–water partition coefficient (Wildman–Crippen LogP) is 1.01. The molecular formula is C17H27N3O2. The van der Waals surface area contributed by atoms with Crippen molar-refractivity contribution in [3.63, 3.8) is 0 Å². The summed E-state index contributed by atoms with van der Waals surface area (Å²) in [6.45, 7) is 6.60. The molecule has 0 aromatic heterocycles. The van der Waals surface area contributed by atoms with Crippen molar-refractivity contribution in [2.45, 2.75) is 32.6 Å². The Bertz CT molecular complexity index is 445. The van der Waals surface area contributed by atoms with Crippen LogP contribution in [0, 0.1) is 11.8 Å². The molecule has 1 N–H and O–H groups in total. The standard InChI is InChI=1S/C17H27N3O2/c1-13(21)20-10-8-19(9-11-20)7-6-18-17(22)12-16(14-2-3-14)15-4-5-15/h12,14-15H,2-11H2,1H3,(H,18,22). The van der Waals surface area contributed by atoms with Crippen LogP contribution < -0.4 is 5.32 Å². The molecule has 3 aliphatic rings. The van der Waals surface area contributed by atoms with Crippen LogP contribution in [0.1, 0.15) is 32.6 Å². The van der Waals surface area contributed by atoms with Crippen molar-refractivity contribution in [2.75, 3.05) is 39.3 Å². The van der Waals surface area contributed by atoms with E-state index in [1.54, 1.807) is 6.92 Å². The molecule has 0 atom stereocenters. The summed E-state index contributed by atoms with van der Waals surface area (Å²) in [6.07, 6.45) is 6.97. The maximum atomic E-state index is 12.0. The highest BCUT2D eigenvalue weighted by molar-refractivity contribution is 5.88. The van der Waals surface area contributed by atoms with Gasteiger partial charge in [-0.25, -0.2) is 0 Å². The zero-order valence-corrected chi connectivity index (χ0v) is 13.5. The van der Waals surface area contributed by atoms with Crippen LogP contribution in [0.3, 0.4) is 0 Å². The minimum Gasteiger partial charge on any atom is -0.351 e. The van der Waals surface area contributed by atoms with Crippen molar-refractivity contribution in [1.82, 2.24) is 15.1 Å². The van der Waals surface area contributed by atoms with Crippen LogP contribution in [0.2, 0.25) is 0 Å². The molecule has 1 aliphatic heterocycles. The molecule has 22 heavy (non-hydrogen) atoms. The summed E-state index contributed by atoms with van der Waals surface area (Å²) in [7, 11) is 0. The number of hydrogen-bond acceptors (Lipinski definition) is 3. The van der Waals surface area contributed by atoms with Crippen molar-refractivity contribution in [1.29, 1.82) is 0 Å². The van der Waals surface area contributed by atoms with Gasteiger partial charge in [0.25, 0.3) is 0 Å². The molecule has 5 heteroatoms. The second-order valence-electron chi connectivity index (χ2n) is 6.83. The monoisotopic (exact) mass is 305 g/mol. The summed E-state index contributed by atoms with van der Waals surface area (Å²) in [6, 6.07) is 0. The van der Waals surface area contributed by atoms with Crippen LogP contribution in [0.5, 0.6) is 0 Å². The molecule has 0 radical (unpaired) electrons. The molecular weight excluding hydrogens is 278 g/mol. The highest BCUT2D eigenvalue weighted by atomic mass is 16.2.